The summed E-state index contributed by atoms with van der Waals surface area (Å²) in [6, 6.07) is 8.44. The molecule has 6 amide bonds. The van der Waals surface area contributed by atoms with Gasteiger partial charge in [0, 0.05) is 25.8 Å². The third-order valence-electron chi connectivity index (χ3n) is 7.76. The molecule has 14 heteroatoms. The summed E-state index contributed by atoms with van der Waals surface area (Å²) in [5, 5.41) is 18.7. The molecule has 0 aromatic heterocycles. The van der Waals surface area contributed by atoms with Gasteiger partial charge in [0.15, 0.2) is 0 Å². The zero-order chi connectivity index (χ0) is 33.8. The van der Waals surface area contributed by atoms with E-state index < -0.39 is 72.0 Å². The van der Waals surface area contributed by atoms with E-state index in [0.29, 0.717) is 18.4 Å². The molecule has 1 saturated heterocycles. The number of amides is 6. The summed E-state index contributed by atoms with van der Waals surface area (Å²) < 4.78 is 0. The fourth-order valence-corrected chi connectivity index (χ4v) is 5.35. The van der Waals surface area contributed by atoms with Gasteiger partial charge in [-0.3, -0.25) is 33.6 Å². The van der Waals surface area contributed by atoms with E-state index in [9.17, 15) is 33.6 Å². The monoisotopic (exact) mass is 636 g/mol. The quantitative estimate of drug-likeness (QED) is 0.137. The summed E-state index contributed by atoms with van der Waals surface area (Å²) in [6.45, 7) is 3.54. The number of piperidine rings is 1. The summed E-state index contributed by atoms with van der Waals surface area (Å²) in [5.41, 5.74) is 11.4. The van der Waals surface area contributed by atoms with Crippen LogP contribution in [0.5, 0.6) is 0 Å². The van der Waals surface area contributed by atoms with Crippen LogP contribution in [-0.4, -0.2) is 82.1 Å². The first-order chi connectivity index (χ1) is 21.9. The number of hydrogen-bond donors (Lipinski definition) is 6. The predicted molar refractivity (Wildman–Crippen MR) is 167 cm³/mol. The molecule has 0 spiro atoms. The number of nitrogens with two attached hydrogens (primary N) is 2. The molecule has 0 aliphatic carbocycles. The van der Waals surface area contributed by atoms with Crippen LogP contribution < -0.4 is 27.4 Å². The van der Waals surface area contributed by atoms with E-state index in [1.165, 1.54) is 4.90 Å². The summed E-state index contributed by atoms with van der Waals surface area (Å²) in [6.07, 6.45) is 1.45. The molecule has 1 unspecified atom stereocenters. The van der Waals surface area contributed by atoms with E-state index in [-0.39, 0.29) is 38.6 Å². The number of hydrogen-bond acceptors (Lipinski definition) is 7. The number of carboxylic acids is 1. The number of carbonyl (C=O) groups excluding carboxylic acids is 6. The molecule has 8 N–H and O–H groups in total. The molecule has 1 aliphatic heterocycles. The summed E-state index contributed by atoms with van der Waals surface area (Å²) in [4.78, 5) is 88.9. The number of primary amides is 2. The molecule has 2 aromatic rings. The van der Waals surface area contributed by atoms with Crippen molar-refractivity contribution in [3.63, 3.8) is 0 Å². The van der Waals surface area contributed by atoms with Crippen molar-refractivity contribution >= 4 is 52.2 Å². The van der Waals surface area contributed by atoms with Crippen LogP contribution in [0, 0.1) is 0 Å². The van der Waals surface area contributed by atoms with E-state index in [2.05, 4.69) is 22.5 Å². The number of carbonyl (C=O) groups is 7. The Morgan fingerprint density at radius 3 is 2.24 bits per heavy atom. The Kier molecular flexibility index (Phi) is 12.8. The molecule has 0 radical (unpaired) electrons. The fourth-order valence-electron chi connectivity index (χ4n) is 5.35. The van der Waals surface area contributed by atoms with Gasteiger partial charge in [-0.15, -0.1) is 0 Å². The molecule has 3 rings (SSSR count). The van der Waals surface area contributed by atoms with E-state index >= 15 is 0 Å². The van der Waals surface area contributed by atoms with Crippen molar-refractivity contribution < 1.29 is 38.7 Å². The maximum absolute atomic E-state index is 13.8. The molecule has 0 saturated carbocycles. The Balaban J connectivity index is 1.88. The molecule has 0 bridgehead atoms. The lowest BCUT2D eigenvalue weighted by atomic mass is 9.97. The maximum atomic E-state index is 13.8. The van der Waals surface area contributed by atoms with Gasteiger partial charge in [-0.25, -0.2) is 0 Å². The summed E-state index contributed by atoms with van der Waals surface area (Å²) in [5.74, 6) is -5.42. The first kappa shape index (κ1) is 35.2. The van der Waals surface area contributed by atoms with Crippen molar-refractivity contribution in [2.45, 2.75) is 75.5 Å². The minimum atomic E-state index is -1.23. The highest BCUT2D eigenvalue weighted by atomic mass is 16.4. The largest absolute Gasteiger partial charge is 0.481 e. The Labute approximate surface area is 265 Å². The van der Waals surface area contributed by atoms with Gasteiger partial charge in [-0.05, 0) is 54.5 Å². The van der Waals surface area contributed by atoms with E-state index in [1.807, 2.05) is 36.4 Å². The maximum Gasteiger partial charge on any atom is 0.303 e. The van der Waals surface area contributed by atoms with Crippen LogP contribution in [0.15, 0.2) is 55.1 Å². The van der Waals surface area contributed by atoms with Gasteiger partial charge in [0.25, 0.3) is 0 Å². The normalized spacial score (nSPS) is 16.3. The van der Waals surface area contributed by atoms with Crippen LogP contribution >= 0.6 is 0 Å². The van der Waals surface area contributed by atoms with E-state index in [0.717, 1.165) is 16.8 Å². The van der Waals surface area contributed by atoms with Gasteiger partial charge in [0.05, 0.1) is 0 Å². The molecule has 1 aliphatic rings. The van der Waals surface area contributed by atoms with Gasteiger partial charge in [0.1, 0.15) is 24.2 Å². The zero-order valence-electron chi connectivity index (χ0n) is 25.4. The molecular formula is C32H40N6O8. The van der Waals surface area contributed by atoms with Gasteiger partial charge < -0.3 is 37.4 Å². The first-order valence-electron chi connectivity index (χ1n) is 15.0. The van der Waals surface area contributed by atoms with Crippen LogP contribution in [0.3, 0.4) is 0 Å². The van der Waals surface area contributed by atoms with E-state index in [4.69, 9.17) is 16.6 Å². The highest BCUT2D eigenvalue weighted by Crippen LogP contribution is 2.21. The molecule has 4 atom stereocenters. The average Bonchev–Trinajstić information content (AvgIpc) is 3.03. The third kappa shape index (κ3) is 10.1. The van der Waals surface area contributed by atoms with E-state index in [1.54, 1.807) is 6.07 Å². The summed E-state index contributed by atoms with van der Waals surface area (Å²) in [7, 11) is 0. The van der Waals surface area contributed by atoms with Crippen LogP contribution in [0.2, 0.25) is 0 Å². The number of aliphatic carboxylic acids is 1. The Bertz CT molecular complexity index is 1490. The number of likely N-dealkylation sites (tertiary alicyclic amines) is 1. The molecule has 2 aromatic carbocycles. The lowest BCUT2D eigenvalue weighted by Crippen LogP contribution is -2.60. The van der Waals surface area contributed by atoms with Crippen LogP contribution in [0.25, 0.3) is 10.8 Å². The van der Waals surface area contributed by atoms with Crippen LogP contribution in [-0.2, 0) is 40.0 Å². The number of nitrogens with one attached hydrogen (secondary N) is 3. The van der Waals surface area contributed by atoms with Crippen molar-refractivity contribution in [2.75, 3.05) is 6.54 Å². The van der Waals surface area contributed by atoms with Crippen molar-refractivity contribution in [2.24, 2.45) is 11.5 Å². The smallest absolute Gasteiger partial charge is 0.303 e. The van der Waals surface area contributed by atoms with Gasteiger partial charge in [-0.2, -0.15) is 0 Å². The number of nitrogens with zero attached hydrogens (tertiary/aromatic N) is 1. The van der Waals surface area contributed by atoms with Crippen molar-refractivity contribution in [3.8, 4) is 0 Å². The molecule has 14 nitrogen and oxygen atoms in total. The molecule has 1 fully saturated rings. The van der Waals surface area contributed by atoms with Crippen molar-refractivity contribution in [1.29, 1.82) is 0 Å². The van der Waals surface area contributed by atoms with Crippen molar-refractivity contribution in [1.82, 2.24) is 20.9 Å². The second kappa shape index (κ2) is 16.7. The second-order valence-electron chi connectivity index (χ2n) is 11.2. The lowest BCUT2D eigenvalue weighted by Gasteiger charge is -2.37. The number of fused-ring (bicyclic) bond motifs is 1. The second-order valence-corrected chi connectivity index (χ2v) is 11.2. The van der Waals surface area contributed by atoms with Crippen LogP contribution in [0.1, 0.15) is 50.5 Å². The number of benzene rings is 2. The SMILES string of the molecule is C=CC(=O)N[C@H](CCC(=O)O)C(=O)N1CCCC[C@H]1C(=O)NC(Cc1ccc2ccccc2c1)C(=O)N[C@@H](CCC(N)=O)C(N)=O. The Morgan fingerprint density at radius 2 is 1.59 bits per heavy atom. The zero-order valence-corrected chi connectivity index (χ0v) is 25.4. The highest BCUT2D eigenvalue weighted by Gasteiger charge is 2.38. The van der Waals surface area contributed by atoms with Gasteiger partial charge in [-0.1, -0.05) is 49.0 Å². The number of carboxylic acid groups (broad SMARTS) is 1. The average molecular weight is 637 g/mol. The van der Waals surface area contributed by atoms with Crippen LogP contribution in [0.4, 0.5) is 0 Å². The lowest BCUT2D eigenvalue weighted by molar-refractivity contribution is -0.146. The molecule has 246 valence electrons. The Morgan fingerprint density at radius 1 is 0.891 bits per heavy atom. The summed E-state index contributed by atoms with van der Waals surface area (Å²) >= 11 is 0. The van der Waals surface area contributed by atoms with Crippen molar-refractivity contribution in [3.05, 3.63) is 60.7 Å². The molecule has 46 heavy (non-hydrogen) atoms. The third-order valence-corrected chi connectivity index (χ3v) is 7.76. The predicted octanol–water partition coefficient (Wildman–Crippen LogP) is 0.0194. The minimum Gasteiger partial charge on any atom is -0.481 e. The highest BCUT2D eigenvalue weighted by molar-refractivity contribution is 5.97. The van der Waals surface area contributed by atoms with Gasteiger partial charge in [0.2, 0.25) is 35.4 Å². The Hall–Kier alpha value is -5.27. The number of rotatable bonds is 16. The molecular weight excluding hydrogens is 596 g/mol. The topological polar surface area (TPSA) is 231 Å². The van der Waals surface area contributed by atoms with Gasteiger partial charge >= 0.3 is 5.97 Å². The fraction of sp³-hybridized carbons (Fsp3) is 0.406. The minimum absolute atomic E-state index is 0.0149. The standard InChI is InChI=1S/C32H40N6O8/c1-2-27(40)35-23(13-15-28(41)42)32(46)38-16-6-5-9-25(38)31(45)37-24(30(44)36-22(29(34)43)12-14-26(33)39)18-19-10-11-20-7-3-4-8-21(20)17-19/h2-4,7-8,10-11,17,22-25H,1,5-6,9,12-16,18H2,(H2,33,39)(H2,34,43)(H,35,40)(H,36,44)(H,37,45)(H,41,42)/t22-,23+,24?,25-/m0/s1. The first-order valence-corrected chi connectivity index (χ1v) is 15.0. The molecule has 1 heterocycles.